The van der Waals surface area contributed by atoms with Crippen molar-refractivity contribution in [2.24, 2.45) is 0 Å². The smallest absolute Gasteiger partial charge is 0.272 e. The van der Waals surface area contributed by atoms with Gasteiger partial charge in [0, 0.05) is 24.2 Å². The molecule has 7 heteroatoms. The molecular weight excluding hydrogens is 428 g/mol. The predicted molar refractivity (Wildman–Crippen MR) is 131 cm³/mol. The molecule has 1 amide bonds. The number of carbonyl (C=O) groups excluding carboxylic acids is 1. The van der Waals surface area contributed by atoms with Crippen LogP contribution in [-0.2, 0) is 4.74 Å². The van der Waals surface area contributed by atoms with E-state index in [0.717, 1.165) is 28.1 Å². The molecule has 2 aromatic heterocycles. The van der Waals surface area contributed by atoms with Gasteiger partial charge >= 0.3 is 0 Å². The molecule has 2 atom stereocenters. The van der Waals surface area contributed by atoms with Crippen LogP contribution in [0.4, 0.5) is 0 Å². The van der Waals surface area contributed by atoms with Crippen molar-refractivity contribution < 1.29 is 14.3 Å². The van der Waals surface area contributed by atoms with Crippen molar-refractivity contribution in [2.75, 3.05) is 20.2 Å². The first-order valence-corrected chi connectivity index (χ1v) is 11.5. The number of methoxy groups -OCH3 is 1. The summed E-state index contributed by atoms with van der Waals surface area (Å²) in [5.41, 5.74) is 5.38. The Morgan fingerprint density at radius 1 is 1.03 bits per heavy atom. The van der Waals surface area contributed by atoms with Gasteiger partial charge in [0.15, 0.2) is 5.65 Å². The van der Waals surface area contributed by atoms with Crippen molar-refractivity contribution in [2.45, 2.75) is 33.0 Å². The molecule has 3 heterocycles. The zero-order chi connectivity index (χ0) is 23.8. The number of aryl methyl sites for hydroxylation is 1. The molecule has 1 aliphatic heterocycles. The van der Waals surface area contributed by atoms with Gasteiger partial charge in [0.05, 0.1) is 30.7 Å². The molecule has 0 radical (unpaired) electrons. The lowest BCUT2D eigenvalue weighted by Gasteiger charge is -2.35. The first-order chi connectivity index (χ1) is 16.5. The number of para-hydroxylation sites is 1. The fourth-order valence-corrected chi connectivity index (χ4v) is 4.73. The van der Waals surface area contributed by atoms with E-state index in [1.54, 1.807) is 7.11 Å². The lowest BCUT2D eigenvalue weighted by atomic mass is 10.1. The molecule has 174 valence electrons. The Bertz CT molecular complexity index is 1340. The molecule has 0 N–H and O–H groups in total. The van der Waals surface area contributed by atoms with Gasteiger partial charge in [0.25, 0.3) is 5.91 Å². The van der Waals surface area contributed by atoms with Gasteiger partial charge < -0.3 is 14.4 Å². The second-order valence-corrected chi connectivity index (χ2v) is 8.76. The number of nitrogens with zero attached hydrogens (tertiary/aromatic N) is 4. The van der Waals surface area contributed by atoms with Crippen molar-refractivity contribution >= 4 is 11.6 Å². The van der Waals surface area contributed by atoms with E-state index in [1.165, 1.54) is 0 Å². The Labute approximate surface area is 198 Å². The fraction of sp³-hybridized carbons (Fsp3) is 0.296. The zero-order valence-electron chi connectivity index (χ0n) is 19.9. The van der Waals surface area contributed by atoms with Crippen molar-refractivity contribution in [3.8, 4) is 28.1 Å². The number of carbonyl (C=O) groups is 1. The Hall–Kier alpha value is -3.71. The highest BCUT2D eigenvalue weighted by atomic mass is 16.5. The lowest BCUT2D eigenvalue weighted by molar-refractivity contribution is -0.0587. The maximum absolute atomic E-state index is 13.7. The van der Waals surface area contributed by atoms with Crippen LogP contribution in [0.15, 0.2) is 60.7 Å². The lowest BCUT2D eigenvalue weighted by Crippen LogP contribution is -2.48. The van der Waals surface area contributed by atoms with E-state index >= 15 is 0 Å². The molecule has 0 saturated carbocycles. The minimum Gasteiger partial charge on any atom is -0.496 e. The molecule has 34 heavy (non-hydrogen) atoms. The van der Waals surface area contributed by atoms with Gasteiger partial charge in [-0.25, -0.2) is 9.50 Å². The third-order valence-electron chi connectivity index (χ3n) is 6.14. The Morgan fingerprint density at radius 2 is 1.71 bits per heavy atom. The second kappa shape index (κ2) is 8.91. The summed E-state index contributed by atoms with van der Waals surface area (Å²) in [5, 5.41) is 4.83. The van der Waals surface area contributed by atoms with Gasteiger partial charge in [-0.05, 0) is 44.5 Å². The summed E-state index contributed by atoms with van der Waals surface area (Å²) in [4.78, 5) is 20.4. The van der Waals surface area contributed by atoms with Crippen LogP contribution in [0.3, 0.4) is 0 Å². The van der Waals surface area contributed by atoms with Gasteiger partial charge in [0.2, 0.25) is 0 Å². The Balaban J connectivity index is 1.74. The number of fused-ring (bicyclic) bond motifs is 1. The van der Waals surface area contributed by atoms with Crippen LogP contribution in [0.2, 0.25) is 0 Å². The largest absolute Gasteiger partial charge is 0.496 e. The number of hydrogen-bond acceptors (Lipinski definition) is 5. The van der Waals surface area contributed by atoms with Crippen molar-refractivity contribution in [1.29, 1.82) is 0 Å². The van der Waals surface area contributed by atoms with Crippen LogP contribution in [0.25, 0.3) is 28.0 Å². The molecule has 1 fully saturated rings. The summed E-state index contributed by atoms with van der Waals surface area (Å²) < 4.78 is 13.3. The fourth-order valence-electron chi connectivity index (χ4n) is 4.73. The molecule has 4 aromatic rings. The van der Waals surface area contributed by atoms with E-state index in [9.17, 15) is 4.79 Å². The van der Waals surface area contributed by atoms with Crippen molar-refractivity contribution in [1.82, 2.24) is 19.5 Å². The summed E-state index contributed by atoms with van der Waals surface area (Å²) in [5.74, 6) is 0.593. The van der Waals surface area contributed by atoms with E-state index in [1.807, 2.05) is 90.9 Å². The van der Waals surface area contributed by atoms with Gasteiger partial charge in [0.1, 0.15) is 11.4 Å². The summed E-state index contributed by atoms with van der Waals surface area (Å²) in [6, 6.07) is 19.6. The summed E-state index contributed by atoms with van der Waals surface area (Å²) in [6.07, 6.45) is -0.0515. The molecule has 2 unspecified atom stereocenters. The molecule has 5 rings (SSSR count). The quantitative estimate of drug-likeness (QED) is 0.448. The number of ether oxygens (including phenoxy) is 2. The second-order valence-electron chi connectivity index (χ2n) is 8.76. The van der Waals surface area contributed by atoms with Crippen molar-refractivity contribution in [3.05, 3.63) is 72.1 Å². The Kier molecular flexibility index (Phi) is 5.79. The van der Waals surface area contributed by atoms with Gasteiger partial charge in [-0.15, -0.1) is 0 Å². The van der Waals surface area contributed by atoms with E-state index in [4.69, 9.17) is 19.6 Å². The standard InChI is InChI=1S/C27H28N4O3/c1-17-15-30(16-18(2)34-17)27(32)22-14-23(21-12-8-9-13-24(21)33-4)31-26(28-22)25(19(3)29-31)20-10-6-5-7-11-20/h5-14,17-18H,15-16H2,1-4H3. The third kappa shape index (κ3) is 3.92. The predicted octanol–water partition coefficient (Wildman–Crippen LogP) is 4.63. The summed E-state index contributed by atoms with van der Waals surface area (Å²) in [7, 11) is 1.64. The third-order valence-corrected chi connectivity index (χ3v) is 6.14. The number of aromatic nitrogens is 3. The van der Waals surface area contributed by atoms with Crippen LogP contribution in [0.5, 0.6) is 5.75 Å². The van der Waals surface area contributed by atoms with Gasteiger partial charge in [-0.1, -0.05) is 42.5 Å². The number of hydrogen-bond donors (Lipinski definition) is 0. The maximum atomic E-state index is 13.7. The van der Waals surface area contributed by atoms with Gasteiger partial charge in [-0.3, -0.25) is 4.79 Å². The molecular formula is C27H28N4O3. The average Bonchev–Trinajstić information content (AvgIpc) is 3.18. The van der Waals surface area contributed by atoms with E-state index in [0.29, 0.717) is 30.2 Å². The van der Waals surface area contributed by atoms with E-state index in [2.05, 4.69) is 0 Å². The summed E-state index contributed by atoms with van der Waals surface area (Å²) in [6.45, 7) is 7.00. The number of amides is 1. The minimum atomic E-state index is -0.112. The van der Waals surface area contributed by atoms with Crippen molar-refractivity contribution in [3.63, 3.8) is 0 Å². The molecule has 1 aliphatic rings. The first-order valence-electron chi connectivity index (χ1n) is 11.5. The van der Waals surface area contributed by atoms with Crippen LogP contribution in [0, 0.1) is 6.92 Å². The molecule has 2 aromatic carbocycles. The van der Waals surface area contributed by atoms with E-state index in [-0.39, 0.29) is 18.1 Å². The number of rotatable bonds is 4. The minimum absolute atomic E-state index is 0.0257. The topological polar surface area (TPSA) is 69.0 Å². The first kappa shape index (κ1) is 22.1. The maximum Gasteiger partial charge on any atom is 0.272 e. The average molecular weight is 457 g/mol. The monoisotopic (exact) mass is 456 g/mol. The summed E-state index contributed by atoms with van der Waals surface area (Å²) >= 11 is 0. The normalized spacial score (nSPS) is 18.3. The molecule has 0 bridgehead atoms. The molecule has 7 nitrogen and oxygen atoms in total. The van der Waals surface area contributed by atoms with Crippen LogP contribution < -0.4 is 4.74 Å². The number of benzene rings is 2. The van der Waals surface area contributed by atoms with E-state index < -0.39 is 0 Å². The van der Waals surface area contributed by atoms with Crippen LogP contribution >= 0.6 is 0 Å². The Morgan fingerprint density at radius 3 is 2.41 bits per heavy atom. The highest BCUT2D eigenvalue weighted by molar-refractivity contribution is 5.95. The number of morpholine rings is 1. The van der Waals surface area contributed by atoms with Crippen LogP contribution in [0.1, 0.15) is 30.0 Å². The SMILES string of the molecule is COc1ccccc1-c1cc(C(=O)N2CC(C)OC(C)C2)nc2c(-c3ccccc3)c(C)nn12. The molecule has 0 spiro atoms. The van der Waals surface area contributed by atoms with Crippen LogP contribution in [-0.4, -0.2) is 57.8 Å². The molecule has 0 aliphatic carbocycles. The molecule has 1 saturated heterocycles. The highest BCUT2D eigenvalue weighted by Crippen LogP contribution is 2.34. The highest BCUT2D eigenvalue weighted by Gasteiger charge is 2.29. The zero-order valence-corrected chi connectivity index (χ0v) is 19.9. The van der Waals surface area contributed by atoms with Gasteiger partial charge in [-0.2, -0.15) is 5.10 Å².